The van der Waals surface area contributed by atoms with Crippen molar-refractivity contribution in [2.24, 2.45) is 0 Å². The Kier molecular flexibility index (Phi) is 5.19. The van der Waals surface area contributed by atoms with E-state index in [1.54, 1.807) is 4.90 Å². The first-order chi connectivity index (χ1) is 11.3. The summed E-state index contributed by atoms with van der Waals surface area (Å²) in [6, 6.07) is -0.149. The normalized spacial score (nSPS) is 19.9. The zero-order chi connectivity index (χ0) is 16.1. The molecule has 3 heterocycles. The molecule has 3 rings (SSSR count). The number of aromatic nitrogens is 2. The zero-order valence-electron chi connectivity index (χ0n) is 13.5. The second-order valence-electron chi connectivity index (χ2n) is 6.18. The van der Waals surface area contributed by atoms with E-state index in [0.717, 1.165) is 43.9 Å². The Labute approximate surface area is 137 Å². The molecule has 0 spiro atoms. The molecule has 1 saturated heterocycles. The standard InChI is InChI=1S/C17H24N4O2/c1-2-8-21(13-15-6-5-10-23-15)17(22)18-11-14-12-20-9-4-3-7-16(20)19-14/h1,12,15H,3-11,13H2,(H,18,22). The van der Waals surface area contributed by atoms with Gasteiger partial charge in [-0.15, -0.1) is 6.42 Å². The van der Waals surface area contributed by atoms with Gasteiger partial charge in [-0.25, -0.2) is 9.78 Å². The van der Waals surface area contributed by atoms with Crippen molar-refractivity contribution >= 4 is 6.03 Å². The second-order valence-corrected chi connectivity index (χ2v) is 6.18. The molecule has 0 bridgehead atoms. The molecule has 2 aliphatic rings. The van der Waals surface area contributed by atoms with Crippen LogP contribution in [-0.2, 0) is 24.2 Å². The van der Waals surface area contributed by atoms with Crippen LogP contribution in [0.1, 0.15) is 37.2 Å². The molecule has 1 aromatic rings. The molecule has 6 nitrogen and oxygen atoms in total. The summed E-state index contributed by atoms with van der Waals surface area (Å²) in [6.45, 7) is 3.08. The highest BCUT2D eigenvalue weighted by molar-refractivity contribution is 5.74. The van der Waals surface area contributed by atoms with E-state index >= 15 is 0 Å². The Morgan fingerprint density at radius 3 is 3.17 bits per heavy atom. The van der Waals surface area contributed by atoms with E-state index in [4.69, 9.17) is 11.2 Å². The third-order valence-electron chi connectivity index (χ3n) is 4.40. The first-order valence-electron chi connectivity index (χ1n) is 8.39. The van der Waals surface area contributed by atoms with Gasteiger partial charge in [0.05, 0.1) is 24.9 Å². The number of nitrogens with zero attached hydrogens (tertiary/aromatic N) is 3. The fourth-order valence-electron chi connectivity index (χ4n) is 3.20. The van der Waals surface area contributed by atoms with Crippen molar-refractivity contribution in [1.29, 1.82) is 0 Å². The van der Waals surface area contributed by atoms with E-state index in [2.05, 4.69) is 20.8 Å². The van der Waals surface area contributed by atoms with Crippen molar-refractivity contribution < 1.29 is 9.53 Å². The maximum atomic E-state index is 12.4. The van der Waals surface area contributed by atoms with Crippen LogP contribution in [0.3, 0.4) is 0 Å². The van der Waals surface area contributed by atoms with Crippen LogP contribution in [0.4, 0.5) is 4.79 Å². The van der Waals surface area contributed by atoms with Crippen LogP contribution in [0.2, 0.25) is 0 Å². The van der Waals surface area contributed by atoms with Gasteiger partial charge in [0, 0.05) is 32.3 Å². The van der Waals surface area contributed by atoms with Crippen LogP contribution in [0, 0.1) is 12.3 Å². The molecule has 0 aliphatic carbocycles. The fourth-order valence-corrected chi connectivity index (χ4v) is 3.20. The molecular weight excluding hydrogens is 292 g/mol. The Balaban J connectivity index is 1.53. The summed E-state index contributed by atoms with van der Waals surface area (Å²) in [6.07, 6.45) is 13.0. The van der Waals surface area contributed by atoms with Crippen molar-refractivity contribution in [2.45, 2.75) is 51.3 Å². The van der Waals surface area contributed by atoms with Gasteiger partial charge in [-0.3, -0.25) is 0 Å². The van der Waals surface area contributed by atoms with Crippen LogP contribution in [0.5, 0.6) is 0 Å². The monoisotopic (exact) mass is 316 g/mol. The Hall–Kier alpha value is -2.00. The lowest BCUT2D eigenvalue weighted by Gasteiger charge is -2.23. The molecule has 1 unspecified atom stereocenters. The molecular formula is C17H24N4O2. The summed E-state index contributed by atoms with van der Waals surface area (Å²) in [4.78, 5) is 18.6. The molecule has 0 saturated carbocycles. The minimum Gasteiger partial charge on any atom is -0.376 e. The SMILES string of the molecule is C#CCN(CC1CCCO1)C(=O)NCc1cn2c(n1)CCCC2. The number of aryl methyl sites for hydroxylation is 2. The molecule has 1 aromatic heterocycles. The number of rotatable bonds is 5. The topological polar surface area (TPSA) is 59.4 Å². The summed E-state index contributed by atoms with van der Waals surface area (Å²) < 4.78 is 7.78. The smallest absolute Gasteiger partial charge is 0.318 e. The maximum Gasteiger partial charge on any atom is 0.318 e. The van der Waals surface area contributed by atoms with Gasteiger partial charge in [-0.2, -0.15) is 0 Å². The number of carbonyl (C=O) groups excluding carboxylic acids is 1. The summed E-state index contributed by atoms with van der Waals surface area (Å²) in [5.41, 5.74) is 0.910. The lowest BCUT2D eigenvalue weighted by molar-refractivity contribution is 0.0845. The van der Waals surface area contributed by atoms with Gasteiger partial charge in [-0.1, -0.05) is 5.92 Å². The maximum absolute atomic E-state index is 12.4. The molecule has 2 amide bonds. The lowest BCUT2D eigenvalue weighted by atomic mass is 10.2. The van der Waals surface area contributed by atoms with E-state index in [-0.39, 0.29) is 12.1 Å². The predicted molar refractivity (Wildman–Crippen MR) is 86.8 cm³/mol. The van der Waals surface area contributed by atoms with Gasteiger partial charge in [0.25, 0.3) is 0 Å². The number of imidazole rings is 1. The Bertz CT molecular complexity index is 560. The molecule has 0 radical (unpaired) electrons. The Morgan fingerprint density at radius 1 is 1.52 bits per heavy atom. The molecule has 6 heteroatoms. The predicted octanol–water partition coefficient (Wildman–Crippen LogP) is 1.54. The highest BCUT2D eigenvalue weighted by Gasteiger charge is 2.22. The van der Waals surface area contributed by atoms with Gasteiger partial charge >= 0.3 is 6.03 Å². The van der Waals surface area contributed by atoms with Crippen molar-refractivity contribution in [3.63, 3.8) is 0 Å². The van der Waals surface area contributed by atoms with Gasteiger partial charge in [-0.05, 0) is 25.7 Å². The van der Waals surface area contributed by atoms with Crippen LogP contribution in [-0.4, -0.2) is 46.3 Å². The summed E-state index contributed by atoms with van der Waals surface area (Å²) >= 11 is 0. The largest absolute Gasteiger partial charge is 0.376 e. The average Bonchev–Trinajstić information content (AvgIpc) is 3.21. The number of urea groups is 1. The molecule has 23 heavy (non-hydrogen) atoms. The molecule has 124 valence electrons. The second kappa shape index (κ2) is 7.51. The summed E-state index contributed by atoms with van der Waals surface area (Å²) in [7, 11) is 0. The number of amides is 2. The molecule has 1 N–H and O–H groups in total. The number of terminal acetylenes is 1. The summed E-state index contributed by atoms with van der Waals surface area (Å²) in [5, 5.41) is 2.93. The number of fused-ring (bicyclic) bond motifs is 1. The number of carbonyl (C=O) groups is 1. The van der Waals surface area contributed by atoms with Crippen LogP contribution < -0.4 is 5.32 Å². The third kappa shape index (κ3) is 4.05. The van der Waals surface area contributed by atoms with Crippen molar-refractivity contribution in [3.05, 3.63) is 17.7 Å². The highest BCUT2D eigenvalue weighted by Crippen LogP contribution is 2.15. The number of hydrogen-bond donors (Lipinski definition) is 1. The van der Waals surface area contributed by atoms with Crippen LogP contribution in [0.25, 0.3) is 0 Å². The van der Waals surface area contributed by atoms with E-state index in [1.165, 1.54) is 12.8 Å². The zero-order valence-corrected chi connectivity index (χ0v) is 13.5. The minimum absolute atomic E-state index is 0.106. The van der Waals surface area contributed by atoms with Gasteiger partial charge in [0.1, 0.15) is 5.82 Å². The molecule has 1 atom stereocenters. The Morgan fingerprint density at radius 2 is 2.43 bits per heavy atom. The minimum atomic E-state index is -0.149. The average molecular weight is 316 g/mol. The molecule has 1 fully saturated rings. The first-order valence-corrected chi connectivity index (χ1v) is 8.39. The summed E-state index contributed by atoms with van der Waals surface area (Å²) in [5.74, 6) is 3.68. The van der Waals surface area contributed by atoms with E-state index in [0.29, 0.717) is 19.6 Å². The van der Waals surface area contributed by atoms with Gasteiger partial charge < -0.3 is 19.5 Å². The lowest BCUT2D eigenvalue weighted by Crippen LogP contribution is -2.43. The van der Waals surface area contributed by atoms with Crippen molar-refractivity contribution in [3.8, 4) is 12.3 Å². The number of ether oxygens (including phenoxy) is 1. The van der Waals surface area contributed by atoms with Crippen molar-refractivity contribution in [1.82, 2.24) is 19.8 Å². The van der Waals surface area contributed by atoms with Crippen molar-refractivity contribution in [2.75, 3.05) is 19.7 Å². The molecule has 2 aliphatic heterocycles. The fraction of sp³-hybridized carbons (Fsp3) is 0.647. The highest BCUT2D eigenvalue weighted by atomic mass is 16.5. The van der Waals surface area contributed by atoms with Crippen LogP contribution in [0.15, 0.2) is 6.20 Å². The van der Waals surface area contributed by atoms with Crippen LogP contribution >= 0.6 is 0 Å². The quantitative estimate of drug-likeness (QED) is 0.838. The van der Waals surface area contributed by atoms with Gasteiger partial charge in [0.2, 0.25) is 0 Å². The van der Waals surface area contributed by atoms with E-state index in [1.807, 2.05) is 6.20 Å². The number of hydrogen-bond acceptors (Lipinski definition) is 3. The number of nitrogens with one attached hydrogen (secondary N) is 1. The first kappa shape index (κ1) is 15.9. The van der Waals surface area contributed by atoms with Gasteiger partial charge in [0.15, 0.2) is 0 Å². The third-order valence-corrected chi connectivity index (χ3v) is 4.40. The van der Waals surface area contributed by atoms with E-state index in [9.17, 15) is 4.79 Å². The van der Waals surface area contributed by atoms with E-state index < -0.39 is 0 Å². The molecule has 0 aromatic carbocycles.